The molecule has 0 atom stereocenters. The lowest BCUT2D eigenvalue weighted by Gasteiger charge is -2.01. The fourth-order valence-corrected chi connectivity index (χ4v) is 2.16. The van der Waals surface area contributed by atoms with Crippen LogP contribution in [0.25, 0.3) is 5.65 Å². The molecule has 3 rings (SSSR count). The zero-order valence-electron chi connectivity index (χ0n) is 10.9. The molecule has 4 nitrogen and oxygen atoms in total. The van der Waals surface area contributed by atoms with Crippen molar-refractivity contribution in [2.24, 2.45) is 0 Å². The van der Waals surface area contributed by atoms with E-state index in [0.29, 0.717) is 0 Å². The van der Waals surface area contributed by atoms with Crippen LogP contribution in [0.4, 0.5) is 0 Å². The Labute approximate surface area is 106 Å². The van der Waals surface area contributed by atoms with Gasteiger partial charge in [-0.1, -0.05) is 6.07 Å². The first kappa shape index (κ1) is 11.0. The van der Waals surface area contributed by atoms with Crippen molar-refractivity contribution >= 4 is 5.65 Å². The van der Waals surface area contributed by atoms with Gasteiger partial charge in [0.1, 0.15) is 5.65 Å². The van der Waals surface area contributed by atoms with Gasteiger partial charge in [0.15, 0.2) is 0 Å². The molecule has 0 saturated carbocycles. The Morgan fingerprint density at radius 3 is 2.67 bits per heavy atom. The summed E-state index contributed by atoms with van der Waals surface area (Å²) in [6.45, 7) is 6.98. The van der Waals surface area contributed by atoms with Crippen LogP contribution in [0.1, 0.15) is 22.6 Å². The summed E-state index contributed by atoms with van der Waals surface area (Å²) in [6.07, 6.45) is 4.07. The third-order valence-electron chi connectivity index (χ3n) is 3.47. The molecule has 3 heterocycles. The summed E-state index contributed by atoms with van der Waals surface area (Å²) in [5.74, 6) is 0. The summed E-state index contributed by atoms with van der Waals surface area (Å²) < 4.78 is 4.06. The molecule has 18 heavy (non-hydrogen) atoms. The van der Waals surface area contributed by atoms with Crippen molar-refractivity contribution in [2.75, 3.05) is 0 Å². The largest absolute Gasteiger partial charge is 0.307 e. The van der Waals surface area contributed by atoms with Crippen LogP contribution in [0.15, 0.2) is 30.6 Å². The molecule has 0 amide bonds. The van der Waals surface area contributed by atoms with Crippen LogP contribution in [0, 0.1) is 20.8 Å². The molecule has 0 unspecified atom stereocenters. The smallest absolute Gasteiger partial charge is 0.137 e. The van der Waals surface area contributed by atoms with Crippen LogP contribution in [0.2, 0.25) is 0 Å². The molecule has 3 aromatic rings. The summed E-state index contributed by atoms with van der Waals surface area (Å²) in [7, 11) is 0. The second kappa shape index (κ2) is 3.98. The first-order valence-electron chi connectivity index (χ1n) is 6.08. The maximum atomic E-state index is 4.59. The van der Waals surface area contributed by atoms with Gasteiger partial charge in [0.2, 0.25) is 0 Å². The molecule has 0 aliphatic rings. The number of pyridine rings is 1. The number of hydrogen-bond acceptors (Lipinski definition) is 2. The summed E-state index contributed by atoms with van der Waals surface area (Å²) in [6, 6.07) is 6.02. The van der Waals surface area contributed by atoms with Gasteiger partial charge in [0, 0.05) is 18.1 Å². The number of hydrogen-bond donors (Lipinski definition) is 0. The average Bonchev–Trinajstić information content (AvgIpc) is 2.87. The quantitative estimate of drug-likeness (QED) is 0.690. The number of imidazole rings is 1. The SMILES string of the molecule is Cc1nn(Cc2cn3ccccc3n2)c(C)c1C. The number of fused-ring (bicyclic) bond motifs is 1. The Morgan fingerprint density at radius 2 is 2.00 bits per heavy atom. The molecule has 0 aliphatic heterocycles. The molecule has 4 heteroatoms. The van der Waals surface area contributed by atoms with E-state index in [4.69, 9.17) is 0 Å². The molecule has 0 N–H and O–H groups in total. The standard InChI is InChI=1S/C14H16N4/c1-10-11(2)16-18(12(10)3)9-13-8-17-7-5-4-6-14(17)15-13/h4-8H,9H2,1-3H3. The molecule has 3 aromatic heterocycles. The zero-order valence-corrected chi connectivity index (χ0v) is 10.9. The van der Waals surface area contributed by atoms with Crippen molar-refractivity contribution in [1.82, 2.24) is 19.2 Å². The van der Waals surface area contributed by atoms with Crippen LogP contribution in [-0.4, -0.2) is 19.2 Å². The van der Waals surface area contributed by atoms with Gasteiger partial charge in [0.05, 0.1) is 17.9 Å². The van der Waals surface area contributed by atoms with E-state index in [1.165, 1.54) is 11.3 Å². The van der Waals surface area contributed by atoms with E-state index in [1.54, 1.807) is 0 Å². The maximum absolute atomic E-state index is 4.59. The molecular weight excluding hydrogens is 224 g/mol. The van der Waals surface area contributed by atoms with Crippen molar-refractivity contribution < 1.29 is 0 Å². The number of nitrogens with zero attached hydrogens (tertiary/aromatic N) is 4. The molecule has 0 radical (unpaired) electrons. The highest BCUT2D eigenvalue weighted by atomic mass is 15.3. The Kier molecular flexibility index (Phi) is 2.44. The van der Waals surface area contributed by atoms with Gasteiger partial charge < -0.3 is 4.40 Å². The number of aryl methyl sites for hydroxylation is 1. The summed E-state index contributed by atoms with van der Waals surface area (Å²) in [4.78, 5) is 4.59. The summed E-state index contributed by atoms with van der Waals surface area (Å²) in [5.41, 5.74) is 5.58. The molecule has 0 saturated heterocycles. The third kappa shape index (κ3) is 1.70. The van der Waals surface area contributed by atoms with Gasteiger partial charge in [-0.15, -0.1) is 0 Å². The second-order valence-corrected chi connectivity index (χ2v) is 4.65. The highest BCUT2D eigenvalue weighted by Gasteiger charge is 2.09. The van der Waals surface area contributed by atoms with Crippen LogP contribution in [-0.2, 0) is 6.54 Å². The Hall–Kier alpha value is -2.10. The van der Waals surface area contributed by atoms with E-state index < -0.39 is 0 Å². The third-order valence-corrected chi connectivity index (χ3v) is 3.47. The lowest BCUT2D eigenvalue weighted by atomic mass is 10.2. The van der Waals surface area contributed by atoms with E-state index in [0.717, 1.165) is 23.6 Å². The summed E-state index contributed by atoms with van der Waals surface area (Å²) >= 11 is 0. The van der Waals surface area contributed by atoms with Crippen molar-refractivity contribution in [2.45, 2.75) is 27.3 Å². The van der Waals surface area contributed by atoms with Gasteiger partial charge >= 0.3 is 0 Å². The predicted octanol–water partition coefficient (Wildman–Crippen LogP) is 2.50. The fraction of sp³-hybridized carbons (Fsp3) is 0.286. The molecular formula is C14H16N4. The summed E-state index contributed by atoms with van der Waals surface area (Å²) in [5, 5.41) is 4.54. The van der Waals surface area contributed by atoms with Crippen LogP contribution < -0.4 is 0 Å². The van der Waals surface area contributed by atoms with Crippen LogP contribution >= 0.6 is 0 Å². The van der Waals surface area contributed by atoms with Crippen LogP contribution in [0.3, 0.4) is 0 Å². The molecule has 0 fully saturated rings. The van der Waals surface area contributed by atoms with Gasteiger partial charge in [-0.25, -0.2) is 4.98 Å². The predicted molar refractivity (Wildman–Crippen MR) is 70.7 cm³/mol. The van der Waals surface area contributed by atoms with Crippen molar-refractivity contribution in [1.29, 1.82) is 0 Å². The highest BCUT2D eigenvalue weighted by Crippen LogP contribution is 2.13. The van der Waals surface area contributed by atoms with E-state index >= 15 is 0 Å². The molecule has 0 spiro atoms. The van der Waals surface area contributed by atoms with Gasteiger partial charge in [-0.2, -0.15) is 5.10 Å². The van der Waals surface area contributed by atoms with Gasteiger partial charge in [-0.3, -0.25) is 4.68 Å². The number of aromatic nitrogens is 4. The van der Waals surface area contributed by atoms with Gasteiger partial charge in [-0.05, 0) is 38.5 Å². The van der Waals surface area contributed by atoms with E-state index in [-0.39, 0.29) is 0 Å². The number of rotatable bonds is 2. The molecule has 0 aromatic carbocycles. The Morgan fingerprint density at radius 1 is 1.17 bits per heavy atom. The average molecular weight is 240 g/mol. The minimum atomic E-state index is 0.724. The van der Waals surface area contributed by atoms with Crippen molar-refractivity contribution in [3.8, 4) is 0 Å². The fourth-order valence-electron chi connectivity index (χ4n) is 2.16. The topological polar surface area (TPSA) is 35.1 Å². The maximum Gasteiger partial charge on any atom is 0.137 e. The first-order valence-corrected chi connectivity index (χ1v) is 6.08. The van der Waals surface area contributed by atoms with E-state index in [9.17, 15) is 0 Å². The first-order chi connectivity index (χ1) is 8.65. The van der Waals surface area contributed by atoms with Crippen molar-refractivity contribution in [3.63, 3.8) is 0 Å². The van der Waals surface area contributed by atoms with E-state index in [1.807, 2.05) is 40.4 Å². The molecule has 0 aliphatic carbocycles. The van der Waals surface area contributed by atoms with Crippen molar-refractivity contribution in [3.05, 3.63) is 53.2 Å². The highest BCUT2D eigenvalue weighted by molar-refractivity contribution is 5.39. The lowest BCUT2D eigenvalue weighted by Crippen LogP contribution is -2.04. The lowest BCUT2D eigenvalue weighted by molar-refractivity contribution is 0.649. The van der Waals surface area contributed by atoms with Crippen LogP contribution in [0.5, 0.6) is 0 Å². The molecule has 0 bridgehead atoms. The Bertz CT molecular complexity index is 673. The van der Waals surface area contributed by atoms with E-state index in [2.05, 4.69) is 30.1 Å². The monoisotopic (exact) mass is 240 g/mol. The normalized spacial score (nSPS) is 11.3. The minimum Gasteiger partial charge on any atom is -0.307 e. The zero-order chi connectivity index (χ0) is 12.7. The molecule has 92 valence electrons. The van der Waals surface area contributed by atoms with Gasteiger partial charge in [0.25, 0.3) is 0 Å². The minimum absolute atomic E-state index is 0.724. The Balaban J connectivity index is 1.98. The second-order valence-electron chi connectivity index (χ2n) is 4.65.